The molecule has 0 aliphatic carbocycles. The number of rotatable bonds is 7. The summed E-state index contributed by atoms with van der Waals surface area (Å²) in [6.07, 6.45) is 0. The molecule has 3 nitrogen and oxygen atoms in total. The number of methoxy groups -OCH3 is 1. The number of nitrogens with one attached hydrogen (secondary N) is 1. The van der Waals surface area contributed by atoms with Gasteiger partial charge in [-0.15, -0.1) is 11.8 Å². The van der Waals surface area contributed by atoms with Gasteiger partial charge in [0.2, 0.25) is 5.91 Å². The number of carbonyl (C=O) groups excluding carboxylic acids is 1. The van der Waals surface area contributed by atoms with Gasteiger partial charge in [0.25, 0.3) is 0 Å². The molecule has 1 aromatic rings. The van der Waals surface area contributed by atoms with E-state index in [-0.39, 0.29) is 5.91 Å². The number of benzene rings is 1. The topological polar surface area (TPSA) is 38.3 Å². The number of hydrogen-bond donors (Lipinski definition) is 1. The largest absolute Gasteiger partial charge is 0.383 e. The second-order valence-corrected chi connectivity index (χ2v) is 4.31. The van der Waals surface area contributed by atoms with E-state index in [0.29, 0.717) is 18.9 Å². The van der Waals surface area contributed by atoms with Crippen molar-refractivity contribution in [1.82, 2.24) is 5.32 Å². The molecule has 4 heteroatoms. The first kappa shape index (κ1) is 13.1. The Morgan fingerprint density at radius 3 is 2.81 bits per heavy atom. The summed E-state index contributed by atoms with van der Waals surface area (Å²) >= 11 is 1.62. The molecule has 0 aliphatic heterocycles. The Morgan fingerprint density at radius 2 is 2.12 bits per heavy atom. The van der Waals surface area contributed by atoms with Crippen molar-refractivity contribution in [1.29, 1.82) is 0 Å². The monoisotopic (exact) mass is 239 g/mol. The molecule has 0 saturated carbocycles. The second-order valence-electron chi connectivity index (χ2n) is 3.32. The van der Waals surface area contributed by atoms with Gasteiger partial charge in [0.05, 0.1) is 12.4 Å². The minimum absolute atomic E-state index is 0.0676. The van der Waals surface area contributed by atoms with E-state index < -0.39 is 0 Å². The van der Waals surface area contributed by atoms with E-state index in [0.717, 1.165) is 5.75 Å². The highest BCUT2D eigenvalue weighted by atomic mass is 32.2. The average Bonchev–Trinajstić information content (AvgIpc) is 2.31. The summed E-state index contributed by atoms with van der Waals surface area (Å²) in [6, 6.07) is 10.1. The predicted octanol–water partition coefficient (Wildman–Crippen LogP) is 1.68. The summed E-state index contributed by atoms with van der Waals surface area (Å²) in [4.78, 5) is 11.3. The zero-order valence-corrected chi connectivity index (χ0v) is 10.3. The smallest absolute Gasteiger partial charge is 0.230 e. The minimum atomic E-state index is 0.0676. The Hall–Kier alpha value is -1.00. The van der Waals surface area contributed by atoms with Gasteiger partial charge in [-0.25, -0.2) is 0 Å². The molecule has 0 unspecified atom stereocenters. The van der Waals surface area contributed by atoms with Gasteiger partial charge in [0, 0.05) is 19.4 Å². The molecule has 1 aromatic carbocycles. The van der Waals surface area contributed by atoms with Crippen LogP contribution in [0.3, 0.4) is 0 Å². The maximum absolute atomic E-state index is 11.3. The minimum Gasteiger partial charge on any atom is -0.383 e. The van der Waals surface area contributed by atoms with E-state index in [1.807, 2.05) is 18.2 Å². The van der Waals surface area contributed by atoms with Gasteiger partial charge in [-0.05, 0) is 5.56 Å². The third kappa shape index (κ3) is 5.78. The van der Waals surface area contributed by atoms with Crippen LogP contribution >= 0.6 is 11.8 Å². The zero-order chi connectivity index (χ0) is 11.6. The molecule has 88 valence electrons. The lowest BCUT2D eigenvalue weighted by molar-refractivity contribution is -0.118. The number of carbonyl (C=O) groups is 1. The van der Waals surface area contributed by atoms with E-state index in [9.17, 15) is 4.79 Å². The first-order valence-corrected chi connectivity index (χ1v) is 6.35. The van der Waals surface area contributed by atoms with Crippen molar-refractivity contribution in [3.63, 3.8) is 0 Å². The van der Waals surface area contributed by atoms with Crippen LogP contribution in [0.25, 0.3) is 0 Å². The molecule has 0 spiro atoms. The van der Waals surface area contributed by atoms with Crippen LogP contribution in [0.4, 0.5) is 0 Å². The van der Waals surface area contributed by atoms with E-state index in [1.54, 1.807) is 18.9 Å². The number of hydrogen-bond acceptors (Lipinski definition) is 3. The maximum atomic E-state index is 11.3. The number of thioether (sulfide) groups is 1. The van der Waals surface area contributed by atoms with Crippen LogP contribution in [0.15, 0.2) is 30.3 Å². The molecule has 0 saturated heterocycles. The van der Waals surface area contributed by atoms with Crippen LogP contribution < -0.4 is 5.32 Å². The molecule has 0 radical (unpaired) electrons. The lowest BCUT2D eigenvalue weighted by atomic mass is 10.2. The highest BCUT2D eigenvalue weighted by Crippen LogP contribution is 2.10. The number of ether oxygens (including phenoxy) is 1. The van der Waals surface area contributed by atoms with Crippen LogP contribution in [-0.4, -0.2) is 31.9 Å². The summed E-state index contributed by atoms with van der Waals surface area (Å²) in [7, 11) is 1.62. The Kier molecular flexibility index (Phi) is 6.69. The Morgan fingerprint density at radius 1 is 1.38 bits per heavy atom. The molecule has 0 aromatic heterocycles. The standard InChI is InChI=1S/C12H17NO2S/c1-15-8-7-13-12(14)10-16-9-11-5-3-2-4-6-11/h2-6H,7-10H2,1H3,(H,13,14). The summed E-state index contributed by atoms with van der Waals surface area (Å²) in [5.41, 5.74) is 1.25. The molecule has 0 atom stereocenters. The Balaban J connectivity index is 2.09. The maximum Gasteiger partial charge on any atom is 0.230 e. The molecule has 0 heterocycles. The highest BCUT2D eigenvalue weighted by Gasteiger charge is 2.00. The highest BCUT2D eigenvalue weighted by molar-refractivity contribution is 7.99. The van der Waals surface area contributed by atoms with Crippen LogP contribution in [0, 0.1) is 0 Å². The van der Waals surface area contributed by atoms with Crippen molar-refractivity contribution in [2.75, 3.05) is 26.0 Å². The third-order valence-corrected chi connectivity index (χ3v) is 2.98. The van der Waals surface area contributed by atoms with Crippen LogP contribution in [0.2, 0.25) is 0 Å². The summed E-state index contributed by atoms with van der Waals surface area (Å²) < 4.78 is 4.84. The van der Waals surface area contributed by atoms with Gasteiger partial charge < -0.3 is 10.1 Å². The van der Waals surface area contributed by atoms with E-state index in [4.69, 9.17) is 4.74 Å². The van der Waals surface area contributed by atoms with E-state index in [2.05, 4.69) is 17.4 Å². The molecular formula is C12H17NO2S. The van der Waals surface area contributed by atoms with Crippen LogP contribution in [-0.2, 0) is 15.3 Å². The lowest BCUT2D eigenvalue weighted by Gasteiger charge is -2.04. The quantitative estimate of drug-likeness (QED) is 0.736. The van der Waals surface area contributed by atoms with Crippen LogP contribution in [0.5, 0.6) is 0 Å². The summed E-state index contributed by atoms with van der Waals surface area (Å²) in [5.74, 6) is 1.44. The van der Waals surface area contributed by atoms with E-state index >= 15 is 0 Å². The predicted molar refractivity (Wildman–Crippen MR) is 67.5 cm³/mol. The lowest BCUT2D eigenvalue weighted by Crippen LogP contribution is -2.28. The second kappa shape index (κ2) is 8.19. The SMILES string of the molecule is COCCNC(=O)CSCc1ccccc1. The molecule has 0 bridgehead atoms. The molecular weight excluding hydrogens is 222 g/mol. The molecule has 16 heavy (non-hydrogen) atoms. The Labute approximate surface area is 101 Å². The van der Waals surface area contributed by atoms with Gasteiger partial charge in [-0.1, -0.05) is 30.3 Å². The summed E-state index contributed by atoms with van der Waals surface area (Å²) in [6.45, 7) is 1.15. The first-order chi connectivity index (χ1) is 7.83. The number of amides is 1. The van der Waals surface area contributed by atoms with E-state index in [1.165, 1.54) is 5.56 Å². The molecule has 1 N–H and O–H groups in total. The molecule has 0 fully saturated rings. The van der Waals surface area contributed by atoms with Gasteiger partial charge in [-0.3, -0.25) is 4.79 Å². The van der Waals surface area contributed by atoms with Gasteiger partial charge in [-0.2, -0.15) is 0 Å². The third-order valence-electron chi connectivity index (χ3n) is 1.97. The zero-order valence-electron chi connectivity index (χ0n) is 9.44. The van der Waals surface area contributed by atoms with Gasteiger partial charge in [0.15, 0.2) is 0 Å². The van der Waals surface area contributed by atoms with Crippen molar-refractivity contribution in [3.8, 4) is 0 Å². The first-order valence-electron chi connectivity index (χ1n) is 5.20. The normalized spacial score (nSPS) is 10.1. The van der Waals surface area contributed by atoms with Crippen LogP contribution in [0.1, 0.15) is 5.56 Å². The fourth-order valence-corrected chi connectivity index (χ4v) is 2.00. The molecule has 0 aliphatic rings. The Bertz CT molecular complexity index is 303. The average molecular weight is 239 g/mol. The molecule has 1 rings (SSSR count). The van der Waals surface area contributed by atoms with Crippen molar-refractivity contribution >= 4 is 17.7 Å². The van der Waals surface area contributed by atoms with Gasteiger partial charge >= 0.3 is 0 Å². The van der Waals surface area contributed by atoms with Crippen molar-refractivity contribution in [3.05, 3.63) is 35.9 Å². The fourth-order valence-electron chi connectivity index (χ4n) is 1.18. The van der Waals surface area contributed by atoms with Crippen molar-refractivity contribution in [2.24, 2.45) is 0 Å². The van der Waals surface area contributed by atoms with Gasteiger partial charge in [0.1, 0.15) is 0 Å². The van der Waals surface area contributed by atoms with Crippen molar-refractivity contribution < 1.29 is 9.53 Å². The summed E-state index contributed by atoms with van der Waals surface area (Å²) in [5, 5.41) is 2.79. The van der Waals surface area contributed by atoms with Crippen molar-refractivity contribution in [2.45, 2.75) is 5.75 Å². The fraction of sp³-hybridized carbons (Fsp3) is 0.417. The molecule has 1 amide bonds.